The smallest absolute Gasteiger partial charge is 0.0795 e. The third kappa shape index (κ3) is 3.74. The van der Waals surface area contributed by atoms with Crippen molar-refractivity contribution in [3.63, 3.8) is 0 Å². The number of ether oxygens (including phenoxy) is 1. The summed E-state index contributed by atoms with van der Waals surface area (Å²) >= 11 is 1.64. The Labute approximate surface area is 88.5 Å². The number of thiazole rings is 1. The van der Waals surface area contributed by atoms with E-state index in [1.54, 1.807) is 11.3 Å². The minimum absolute atomic E-state index is 0.820. The van der Waals surface area contributed by atoms with Gasteiger partial charge >= 0.3 is 0 Å². The molecule has 1 aromatic rings. The van der Waals surface area contributed by atoms with Gasteiger partial charge in [-0.15, -0.1) is 11.3 Å². The van der Waals surface area contributed by atoms with E-state index < -0.39 is 0 Å². The van der Waals surface area contributed by atoms with E-state index >= 15 is 0 Å². The predicted molar refractivity (Wildman–Crippen MR) is 57.4 cm³/mol. The first kappa shape index (κ1) is 10.1. The fourth-order valence-electron chi connectivity index (χ4n) is 1.22. The van der Waals surface area contributed by atoms with E-state index in [-0.39, 0.29) is 0 Å². The third-order valence-corrected chi connectivity index (χ3v) is 2.90. The molecule has 0 saturated heterocycles. The van der Waals surface area contributed by atoms with Crippen molar-refractivity contribution in [1.29, 1.82) is 0 Å². The van der Waals surface area contributed by atoms with Crippen molar-refractivity contribution in [2.45, 2.75) is 19.4 Å². The molecule has 0 spiro atoms. The molecule has 1 saturated carbocycles. The summed E-state index contributed by atoms with van der Waals surface area (Å²) in [5.41, 5.74) is 2.98. The highest BCUT2D eigenvalue weighted by Crippen LogP contribution is 2.28. The van der Waals surface area contributed by atoms with E-state index in [0.29, 0.717) is 0 Å². The summed E-state index contributed by atoms with van der Waals surface area (Å²) in [5.74, 6) is 0.869. The monoisotopic (exact) mass is 212 g/mol. The third-order valence-electron chi connectivity index (χ3n) is 2.26. The molecule has 0 aliphatic heterocycles. The van der Waals surface area contributed by atoms with Crippen molar-refractivity contribution < 1.29 is 4.74 Å². The van der Waals surface area contributed by atoms with Gasteiger partial charge in [-0.2, -0.15) is 0 Å². The molecular weight excluding hydrogens is 196 g/mol. The number of nitrogens with zero attached hydrogens (tertiary/aromatic N) is 1. The van der Waals surface area contributed by atoms with Crippen LogP contribution in [0.15, 0.2) is 10.9 Å². The van der Waals surface area contributed by atoms with Gasteiger partial charge in [-0.3, -0.25) is 0 Å². The molecule has 0 amide bonds. The Morgan fingerprint density at radius 2 is 2.50 bits per heavy atom. The van der Waals surface area contributed by atoms with Crippen molar-refractivity contribution in [3.05, 3.63) is 16.6 Å². The highest BCUT2D eigenvalue weighted by molar-refractivity contribution is 7.07. The van der Waals surface area contributed by atoms with E-state index in [2.05, 4.69) is 15.7 Å². The number of rotatable bonds is 7. The molecule has 1 aliphatic carbocycles. The van der Waals surface area contributed by atoms with Gasteiger partial charge in [0, 0.05) is 25.1 Å². The summed E-state index contributed by atoms with van der Waals surface area (Å²) in [6, 6.07) is 0. The number of aromatic nitrogens is 1. The average molecular weight is 212 g/mol. The van der Waals surface area contributed by atoms with Crippen molar-refractivity contribution in [2.24, 2.45) is 5.92 Å². The van der Waals surface area contributed by atoms with Crippen LogP contribution in [0.3, 0.4) is 0 Å². The quantitative estimate of drug-likeness (QED) is 0.698. The average Bonchev–Trinajstić information content (AvgIpc) is 2.87. The van der Waals surface area contributed by atoms with E-state index in [1.807, 2.05) is 5.51 Å². The van der Waals surface area contributed by atoms with Gasteiger partial charge in [0.25, 0.3) is 0 Å². The van der Waals surface area contributed by atoms with Crippen LogP contribution < -0.4 is 5.32 Å². The zero-order valence-electron chi connectivity index (χ0n) is 8.24. The fourth-order valence-corrected chi connectivity index (χ4v) is 1.78. The Bertz CT molecular complexity index is 247. The molecule has 78 valence electrons. The van der Waals surface area contributed by atoms with E-state index in [9.17, 15) is 0 Å². The fraction of sp³-hybridized carbons (Fsp3) is 0.700. The normalized spacial score (nSPS) is 16.0. The maximum absolute atomic E-state index is 5.50. The zero-order chi connectivity index (χ0) is 9.64. The highest BCUT2D eigenvalue weighted by atomic mass is 32.1. The van der Waals surface area contributed by atoms with Gasteiger partial charge in [0.1, 0.15) is 0 Å². The number of nitrogens with one attached hydrogen (secondary N) is 1. The minimum atomic E-state index is 0.820. The summed E-state index contributed by atoms with van der Waals surface area (Å²) in [6.45, 7) is 3.56. The van der Waals surface area contributed by atoms with Crippen molar-refractivity contribution in [1.82, 2.24) is 10.3 Å². The lowest BCUT2D eigenvalue weighted by atomic mass is 10.4. The molecule has 0 radical (unpaired) electrons. The first-order valence-corrected chi connectivity index (χ1v) is 6.05. The van der Waals surface area contributed by atoms with Gasteiger partial charge < -0.3 is 10.1 Å². The van der Waals surface area contributed by atoms with E-state index in [4.69, 9.17) is 4.74 Å². The Hall–Kier alpha value is -0.450. The number of hydrogen-bond donors (Lipinski definition) is 1. The molecule has 3 nitrogen and oxygen atoms in total. The maximum atomic E-state index is 5.50. The van der Waals surface area contributed by atoms with Gasteiger partial charge in [0.2, 0.25) is 0 Å². The van der Waals surface area contributed by atoms with Crippen molar-refractivity contribution in [2.75, 3.05) is 19.8 Å². The first-order chi connectivity index (χ1) is 6.95. The summed E-state index contributed by atoms with van der Waals surface area (Å²) in [6.07, 6.45) is 2.73. The molecule has 1 N–H and O–H groups in total. The summed E-state index contributed by atoms with van der Waals surface area (Å²) < 4.78 is 5.50. The van der Waals surface area contributed by atoms with Crippen LogP contribution in [-0.4, -0.2) is 24.7 Å². The van der Waals surface area contributed by atoms with Crippen LogP contribution in [0.1, 0.15) is 18.5 Å². The van der Waals surface area contributed by atoms with Gasteiger partial charge in [0.15, 0.2) is 0 Å². The van der Waals surface area contributed by atoms with Crippen LogP contribution in [0.25, 0.3) is 0 Å². The van der Waals surface area contributed by atoms with Crippen LogP contribution in [0, 0.1) is 5.92 Å². The topological polar surface area (TPSA) is 34.2 Å². The van der Waals surface area contributed by atoms with Gasteiger partial charge in [0.05, 0.1) is 17.8 Å². The molecule has 0 aromatic carbocycles. The molecule has 1 fully saturated rings. The molecule has 14 heavy (non-hydrogen) atoms. The Kier molecular flexibility index (Phi) is 3.91. The molecule has 1 heterocycles. The van der Waals surface area contributed by atoms with Gasteiger partial charge in [-0.25, -0.2) is 4.98 Å². The van der Waals surface area contributed by atoms with Gasteiger partial charge in [-0.05, 0) is 18.8 Å². The van der Waals surface area contributed by atoms with Crippen LogP contribution in [0.2, 0.25) is 0 Å². The number of hydrogen-bond acceptors (Lipinski definition) is 4. The zero-order valence-corrected chi connectivity index (χ0v) is 9.05. The molecule has 4 heteroatoms. The standard InChI is InChI=1S/C10H16N2OS/c1-2-9(1)6-13-4-3-11-5-10-7-14-8-12-10/h7-9,11H,1-6H2. The van der Waals surface area contributed by atoms with Crippen molar-refractivity contribution in [3.8, 4) is 0 Å². The molecule has 0 bridgehead atoms. The molecule has 0 unspecified atom stereocenters. The molecule has 0 atom stereocenters. The van der Waals surface area contributed by atoms with Crippen LogP contribution in [0.5, 0.6) is 0 Å². The second-order valence-electron chi connectivity index (χ2n) is 3.67. The van der Waals surface area contributed by atoms with E-state index in [1.165, 1.54) is 12.8 Å². The lowest BCUT2D eigenvalue weighted by molar-refractivity contribution is 0.126. The first-order valence-electron chi connectivity index (χ1n) is 5.10. The summed E-state index contributed by atoms with van der Waals surface area (Å²) in [4.78, 5) is 4.19. The Morgan fingerprint density at radius 1 is 1.57 bits per heavy atom. The van der Waals surface area contributed by atoms with E-state index in [0.717, 1.165) is 37.9 Å². The van der Waals surface area contributed by atoms with Crippen LogP contribution >= 0.6 is 11.3 Å². The lowest BCUT2D eigenvalue weighted by Crippen LogP contribution is -2.19. The second-order valence-corrected chi connectivity index (χ2v) is 4.39. The van der Waals surface area contributed by atoms with Crippen LogP contribution in [-0.2, 0) is 11.3 Å². The molecule has 1 aromatic heterocycles. The van der Waals surface area contributed by atoms with Gasteiger partial charge in [-0.1, -0.05) is 0 Å². The molecule has 1 aliphatic rings. The summed E-state index contributed by atoms with van der Waals surface area (Å²) in [5, 5.41) is 5.37. The SMILES string of the molecule is c1nc(CNCCOCC2CC2)cs1. The maximum Gasteiger partial charge on any atom is 0.0795 e. The van der Waals surface area contributed by atoms with Crippen molar-refractivity contribution >= 4 is 11.3 Å². The Balaban J connectivity index is 1.43. The second kappa shape index (κ2) is 5.44. The molecule has 2 rings (SSSR count). The molecular formula is C10H16N2OS. The van der Waals surface area contributed by atoms with Crippen LogP contribution in [0.4, 0.5) is 0 Å². The minimum Gasteiger partial charge on any atom is -0.380 e. The predicted octanol–water partition coefficient (Wildman–Crippen LogP) is 1.66. The lowest BCUT2D eigenvalue weighted by Gasteiger charge is -2.03. The summed E-state index contributed by atoms with van der Waals surface area (Å²) in [7, 11) is 0. The highest BCUT2D eigenvalue weighted by Gasteiger charge is 2.20. The largest absolute Gasteiger partial charge is 0.380 e. The Morgan fingerprint density at radius 3 is 3.21 bits per heavy atom.